The van der Waals surface area contributed by atoms with Crippen LogP contribution in [0.15, 0.2) is 50.4 Å². The number of rotatable bonds is 5. The molecular weight excluding hydrogens is 378 g/mol. The highest BCUT2D eigenvalue weighted by atomic mass is 16.5. The van der Waals surface area contributed by atoms with Gasteiger partial charge in [0.15, 0.2) is 5.82 Å². The topological polar surface area (TPSA) is 123 Å². The summed E-state index contributed by atoms with van der Waals surface area (Å²) in [5.74, 6) is -0.0510. The highest BCUT2D eigenvalue weighted by molar-refractivity contribution is 6.01. The number of fused-ring (bicyclic) bond motifs is 3. The number of aromatic nitrogens is 3. The lowest BCUT2D eigenvalue weighted by molar-refractivity contribution is -0.133. The molecule has 29 heavy (non-hydrogen) atoms. The average molecular weight is 395 g/mol. The van der Waals surface area contributed by atoms with Gasteiger partial charge in [0.2, 0.25) is 17.4 Å². The van der Waals surface area contributed by atoms with E-state index in [0.717, 1.165) is 9.95 Å². The summed E-state index contributed by atoms with van der Waals surface area (Å²) in [7, 11) is 1.47. The van der Waals surface area contributed by atoms with Crippen molar-refractivity contribution in [3.8, 4) is 0 Å². The van der Waals surface area contributed by atoms with Gasteiger partial charge in [0.05, 0.1) is 12.9 Å². The van der Waals surface area contributed by atoms with Crippen LogP contribution in [-0.2, 0) is 16.1 Å². The number of para-hydroxylation sites is 1. The second-order valence-electron chi connectivity index (χ2n) is 6.57. The molecule has 3 aromatic heterocycles. The summed E-state index contributed by atoms with van der Waals surface area (Å²) in [4.78, 5) is 42.7. The lowest BCUT2D eigenvalue weighted by Crippen LogP contribution is -2.38. The van der Waals surface area contributed by atoms with Crippen LogP contribution in [0.5, 0.6) is 0 Å². The Hall–Kier alpha value is -3.95. The zero-order chi connectivity index (χ0) is 20.5. The van der Waals surface area contributed by atoms with Crippen molar-refractivity contribution in [1.29, 1.82) is 0 Å². The van der Waals surface area contributed by atoms with E-state index in [-0.39, 0.29) is 24.5 Å². The Bertz CT molecular complexity index is 1290. The van der Waals surface area contributed by atoms with E-state index in [4.69, 9.17) is 8.94 Å². The maximum absolute atomic E-state index is 12.7. The molecule has 148 valence electrons. The quantitative estimate of drug-likeness (QED) is 0.543. The molecular formula is C19H17N5O5. The van der Waals surface area contributed by atoms with E-state index in [1.165, 1.54) is 18.3 Å². The molecule has 0 aliphatic rings. The summed E-state index contributed by atoms with van der Waals surface area (Å²) in [5.41, 5.74) is 0.622. The van der Waals surface area contributed by atoms with Crippen molar-refractivity contribution < 1.29 is 18.5 Å². The predicted octanol–water partition coefficient (Wildman–Crippen LogP) is 1.54. The van der Waals surface area contributed by atoms with E-state index >= 15 is 0 Å². The van der Waals surface area contributed by atoms with E-state index in [1.54, 1.807) is 25.1 Å². The molecule has 4 rings (SSSR count). The summed E-state index contributed by atoms with van der Waals surface area (Å²) in [5, 5.41) is 6.92. The number of carbonyl (C=O) groups is 2. The Labute approximate surface area is 163 Å². The first-order valence-electron chi connectivity index (χ1n) is 8.76. The fraction of sp³-hybridized carbons (Fsp3) is 0.211. The molecule has 0 saturated heterocycles. The minimum absolute atomic E-state index is 0.0864. The third kappa shape index (κ3) is 3.59. The van der Waals surface area contributed by atoms with Crippen molar-refractivity contribution in [3.05, 3.63) is 52.8 Å². The number of hydrogen-bond acceptors (Lipinski definition) is 7. The molecule has 2 amide bonds. The first-order chi connectivity index (χ1) is 13.9. The minimum atomic E-state index is -0.463. The van der Waals surface area contributed by atoms with Gasteiger partial charge in [-0.2, -0.15) is 0 Å². The summed E-state index contributed by atoms with van der Waals surface area (Å²) < 4.78 is 11.6. The second kappa shape index (κ2) is 7.23. The summed E-state index contributed by atoms with van der Waals surface area (Å²) in [6.45, 7) is 1.22. The molecule has 1 N–H and O–H groups in total. The standard InChI is InChI=1S/C19H17N5O5/c1-11-7-14(22-29-11)21-15(25)8-23(2)16(26)9-24-10-20-17-12-5-3-4-6-13(12)28-18(17)19(24)27/h3-7,10H,8-9H2,1-2H3,(H,21,22,25). The second-order valence-corrected chi connectivity index (χ2v) is 6.57. The maximum atomic E-state index is 12.7. The number of benzene rings is 1. The van der Waals surface area contributed by atoms with Crippen LogP contribution < -0.4 is 10.9 Å². The molecule has 1 aromatic carbocycles. The molecule has 4 aromatic rings. The van der Waals surface area contributed by atoms with Crippen LogP contribution in [0.2, 0.25) is 0 Å². The van der Waals surface area contributed by atoms with Crippen molar-refractivity contribution in [2.75, 3.05) is 18.9 Å². The van der Waals surface area contributed by atoms with Gasteiger partial charge in [0.1, 0.15) is 23.4 Å². The summed E-state index contributed by atoms with van der Waals surface area (Å²) in [6.07, 6.45) is 1.30. The van der Waals surface area contributed by atoms with E-state index in [0.29, 0.717) is 16.9 Å². The van der Waals surface area contributed by atoms with Crippen molar-refractivity contribution >= 4 is 39.7 Å². The monoisotopic (exact) mass is 395 g/mol. The molecule has 0 atom stereocenters. The summed E-state index contributed by atoms with van der Waals surface area (Å²) in [6, 6.07) is 8.75. The normalized spacial score (nSPS) is 11.1. The Morgan fingerprint density at radius 3 is 2.83 bits per heavy atom. The molecule has 10 nitrogen and oxygen atoms in total. The first-order valence-corrected chi connectivity index (χ1v) is 8.76. The van der Waals surface area contributed by atoms with E-state index in [1.807, 2.05) is 12.1 Å². The Morgan fingerprint density at radius 1 is 1.28 bits per heavy atom. The SMILES string of the molecule is Cc1cc(NC(=O)CN(C)C(=O)Cn2cnc3c(oc4ccccc43)c2=O)no1. The number of furan rings is 1. The van der Waals surface area contributed by atoms with Crippen molar-refractivity contribution in [3.63, 3.8) is 0 Å². The Balaban J connectivity index is 1.48. The fourth-order valence-electron chi connectivity index (χ4n) is 2.91. The number of amides is 2. The number of likely N-dealkylation sites (N-methyl/N-ethyl adjacent to an activating group) is 1. The van der Waals surface area contributed by atoms with Crippen LogP contribution in [-0.4, -0.2) is 45.0 Å². The van der Waals surface area contributed by atoms with E-state index < -0.39 is 17.4 Å². The maximum Gasteiger partial charge on any atom is 0.297 e. The van der Waals surface area contributed by atoms with Gasteiger partial charge in [0.25, 0.3) is 5.56 Å². The van der Waals surface area contributed by atoms with Crippen LogP contribution in [0.25, 0.3) is 22.1 Å². The van der Waals surface area contributed by atoms with Gasteiger partial charge < -0.3 is 19.2 Å². The third-order valence-corrected chi connectivity index (χ3v) is 4.36. The molecule has 0 aliphatic heterocycles. The van der Waals surface area contributed by atoms with Crippen LogP contribution >= 0.6 is 0 Å². The molecule has 0 aliphatic carbocycles. The minimum Gasteiger partial charge on any atom is -0.448 e. The van der Waals surface area contributed by atoms with Gasteiger partial charge in [-0.25, -0.2) is 4.98 Å². The zero-order valence-corrected chi connectivity index (χ0v) is 15.7. The largest absolute Gasteiger partial charge is 0.448 e. The molecule has 3 heterocycles. The smallest absolute Gasteiger partial charge is 0.297 e. The van der Waals surface area contributed by atoms with Crippen molar-refractivity contribution in [1.82, 2.24) is 19.6 Å². The van der Waals surface area contributed by atoms with Gasteiger partial charge in [-0.05, 0) is 19.1 Å². The van der Waals surface area contributed by atoms with Crippen LogP contribution in [0.4, 0.5) is 5.82 Å². The summed E-state index contributed by atoms with van der Waals surface area (Å²) >= 11 is 0. The highest BCUT2D eigenvalue weighted by Crippen LogP contribution is 2.23. The van der Waals surface area contributed by atoms with Crippen LogP contribution in [0.3, 0.4) is 0 Å². The van der Waals surface area contributed by atoms with Crippen LogP contribution in [0, 0.1) is 6.92 Å². The van der Waals surface area contributed by atoms with Gasteiger partial charge in [0, 0.05) is 18.5 Å². The Morgan fingerprint density at radius 2 is 2.07 bits per heavy atom. The Kier molecular flexibility index (Phi) is 4.59. The molecule has 0 radical (unpaired) electrons. The number of hydrogen-bond donors (Lipinski definition) is 1. The fourth-order valence-corrected chi connectivity index (χ4v) is 2.91. The lowest BCUT2D eigenvalue weighted by atomic mass is 10.2. The zero-order valence-electron chi connectivity index (χ0n) is 15.7. The third-order valence-electron chi connectivity index (χ3n) is 4.36. The van der Waals surface area contributed by atoms with E-state index in [9.17, 15) is 14.4 Å². The van der Waals surface area contributed by atoms with Gasteiger partial charge >= 0.3 is 0 Å². The van der Waals surface area contributed by atoms with Gasteiger partial charge in [-0.1, -0.05) is 17.3 Å². The van der Waals surface area contributed by atoms with Crippen molar-refractivity contribution in [2.24, 2.45) is 0 Å². The average Bonchev–Trinajstić information content (AvgIpc) is 3.27. The number of nitrogens with one attached hydrogen (secondary N) is 1. The number of nitrogens with zero attached hydrogens (tertiary/aromatic N) is 4. The van der Waals surface area contributed by atoms with E-state index in [2.05, 4.69) is 15.5 Å². The highest BCUT2D eigenvalue weighted by Gasteiger charge is 2.18. The molecule has 10 heteroatoms. The molecule has 0 fully saturated rings. The number of anilines is 1. The van der Waals surface area contributed by atoms with Crippen molar-refractivity contribution in [2.45, 2.75) is 13.5 Å². The molecule has 0 spiro atoms. The molecule has 0 unspecified atom stereocenters. The molecule has 0 saturated carbocycles. The van der Waals surface area contributed by atoms with Gasteiger partial charge in [-0.15, -0.1) is 0 Å². The molecule has 0 bridgehead atoms. The predicted molar refractivity (Wildman–Crippen MR) is 103 cm³/mol. The first kappa shape index (κ1) is 18.4. The van der Waals surface area contributed by atoms with Gasteiger partial charge in [-0.3, -0.25) is 19.0 Å². The van der Waals surface area contributed by atoms with Crippen LogP contribution in [0.1, 0.15) is 5.76 Å². The lowest BCUT2D eigenvalue weighted by Gasteiger charge is -2.16. The number of aryl methyl sites for hydroxylation is 1. The number of carbonyl (C=O) groups excluding carboxylic acids is 2.